The number of phenolic OH excluding ortho intramolecular Hbond substituents is 1. The largest absolute Gasteiger partial charge is 0.508 e. The molecule has 0 unspecified atom stereocenters. The fourth-order valence-electron chi connectivity index (χ4n) is 2.90. The first kappa shape index (κ1) is 19.0. The zero-order valence-corrected chi connectivity index (χ0v) is 14.5. The molecule has 3 nitrogen and oxygen atoms in total. The van der Waals surface area contributed by atoms with Gasteiger partial charge in [-0.05, 0) is 48.6 Å². The Kier molecular flexibility index (Phi) is 6.99. The summed E-state index contributed by atoms with van der Waals surface area (Å²) in [6.07, 6.45) is 3.59. The molecule has 0 radical (unpaired) electrons. The Morgan fingerprint density at radius 1 is 1.04 bits per heavy atom. The smallest absolute Gasteiger partial charge is 0.115 e. The van der Waals surface area contributed by atoms with Crippen LogP contribution in [0, 0.1) is 5.92 Å². The van der Waals surface area contributed by atoms with E-state index in [0.717, 1.165) is 16.7 Å². The molecule has 3 atom stereocenters. The van der Waals surface area contributed by atoms with Crippen LogP contribution in [0.5, 0.6) is 5.75 Å². The van der Waals surface area contributed by atoms with E-state index >= 15 is 0 Å². The third-order valence-electron chi connectivity index (χ3n) is 4.36. The van der Waals surface area contributed by atoms with Crippen molar-refractivity contribution in [2.45, 2.75) is 32.0 Å². The molecule has 0 bridgehead atoms. The monoisotopic (exact) mass is 338 g/mol. The van der Waals surface area contributed by atoms with Crippen LogP contribution in [0.25, 0.3) is 11.6 Å². The van der Waals surface area contributed by atoms with Gasteiger partial charge in [-0.1, -0.05) is 54.6 Å². The van der Waals surface area contributed by atoms with Crippen molar-refractivity contribution in [1.82, 2.24) is 0 Å². The summed E-state index contributed by atoms with van der Waals surface area (Å²) in [6, 6.07) is 17.1. The standard InChI is InChI=1S/C22H26O3/c1-3-21(16(2)23)22(25)14-11-19(18-7-5-4-6-8-18)15-17-9-12-20(24)13-10-17/h3-10,12-13,15-16,21-25H,1,11,14H2,2H3/b19-15-/t16-,21+,22-/m1/s1. The Hall–Kier alpha value is -2.36. The predicted molar refractivity (Wildman–Crippen MR) is 103 cm³/mol. The van der Waals surface area contributed by atoms with Crippen LogP contribution < -0.4 is 0 Å². The van der Waals surface area contributed by atoms with Gasteiger partial charge in [0.15, 0.2) is 0 Å². The number of benzene rings is 2. The maximum Gasteiger partial charge on any atom is 0.115 e. The molecular formula is C22H26O3. The minimum absolute atomic E-state index is 0.236. The Morgan fingerprint density at radius 3 is 2.24 bits per heavy atom. The third-order valence-corrected chi connectivity index (χ3v) is 4.36. The van der Waals surface area contributed by atoms with Gasteiger partial charge < -0.3 is 15.3 Å². The van der Waals surface area contributed by atoms with Gasteiger partial charge in [0.25, 0.3) is 0 Å². The fourth-order valence-corrected chi connectivity index (χ4v) is 2.90. The molecule has 0 aliphatic carbocycles. The Morgan fingerprint density at radius 2 is 1.68 bits per heavy atom. The highest BCUT2D eigenvalue weighted by Gasteiger charge is 2.21. The normalized spacial score (nSPS) is 15.4. The highest BCUT2D eigenvalue weighted by Crippen LogP contribution is 2.26. The van der Waals surface area contributed by atoms with Crippen LogP contribution in [0.3, 0.4) is 0 Å². The summed E-state index contributed by atoms with van der Waals surface area (Å²) in [5.41, 5.74) is 3.18. The average molecular weight is 338 g/mol. The molecule has 0 aliphatic heterocycles. The lowest BCUT2D eigenvalue weighted by Crippen LogP contribution is -2.28. The first-order valence-corrected chi connectivity index (χ1v) is 8.55. The summed E-state index contributed by atoms with van der Waals surface area (Å²) in [5.74, 6) is -0.106. The lowest BCUT2D eigenvalue weighted by atomic mass is 9.90. The highest BCUT2D eigenvalue weighted by molar-refractivity contribution is 5.81. The summed E-state index contributed by atoms with van der Waals surface area (Å²) >= 11 is 0. The number of allylic oxidation sites excluding steroid dienone is 1. The molecule has 0 spiro atoms. The molecule has 0 saturated carbocycles. The Labute approximate surface area is 149 Å². The quantitative estimate of drug-likeness (QED) is 0.498. The van der Waals surface area contributed by atoms with Crippen LogP contribution in [0.4, 0.5) is 0 Å². The first-order valence-electron chi connectivity index (χ1n) is 8.55. The lowest BCUT2D eigenvalue weighted by Gasteiger charge is -2.22. The minimum Gasteiger partial charge on any atom is -0.508 e. The number of hydrogen-bond donors (Lipinski definition) is 3. The summed E-state index contributed by atoms with van der Waals surface area (Å²) < 4.78 is 0. The van der Waals surface area contributed by atoms with E-state index < -0.39 is 12.2 Å². The predicted octanol–water partition coefficient (Wildman–Crippen LogP) is 4.26. The average Bonchev–Trinajstić information content (AvgIpc) is 2.61. The zero-order chi connectivity index (χ0) is 18.2. The molecule has 0 amide bonds. The van der Waals surface area contributed by atoms with E-state index in [4.69, 9.17) is 0 Å². The maximum atomic E-state index is 10.4. The highest BCUT2D eigenvalue weighted by atomic mass is 16.3. The van der Waals surface area contributed by atoms with Gasteiger partial charge >= 0.3 is 0 Å². The molecule has 132 valence electrons. The SMILES string of the molecule is C=C[C@H]([C@H](O)CC/C(=C/c1ccc(O)cc1)c1ccccc1)[C@@H](C)O. The van der Waals surface area contributed by atoms with Gasteiger partial charge in [-0.2, -0.15) is 0 Å². The number of rotatable bonds is 8. The molecule has 0 aromatic heterocycles. The topological polar surface area (TPSA) is 60.7 Å². The molecule has 25 heavy (non-hydrogen) atoms. The van der Waals surface area contributed by atoms with Crippen LogP contribution >= 0.6 is 0 Å². The second kappa shape index (κ2) is 9.21. The molecule has 2 aromatic rings. The van der Waals surface area contributed by atoms with Crippen molar-refractivity contribution in [2.24, 2.45) is 5.92 Å². The minimum atomic E-state index is -0.649. The molecular weight excluding hydrogens is 312 g/mol. The lowest BCUT2D eigenvalue weighted by molar-refractivity contribution is 0.0429. The van der Waals surface area contributed by atoms with Crippen molar-refractivity contribution in [3.05, 3.63) is 78.4 Å². The fraction of sp³-hybridized carbons (Fsp3) is 0.273. The van der Waals surface area contributed by atoms with E-state index in [9.17, 15) is 15.3 Å². The van der Waals surface area contributed by atoms with Gasteiger partial charge in [-0.25, -0.2) is 0 Å². The van der Waals surface area contributed by atoms with E-state index in [1.54, 1.807) is 25.1 Å². The number of aromatic hydroxyl groups is 1. The van der Waals surface area contributed by atoms with Crippen LogP contribution in [0.15, 0.2) is 67.3 Å². The van der Waals surface area contributed by atoms with Crippen molar-refractivity contribution in [2.75, 3.05) is 0 Å². The molecule has 3 N–H and O–H groups in total. The van der Waals surface area contributed by atoms with Crippen molar-refractivity contribution < 1.29 is 15.3 Å². The molecule has 3 heteroatoms. The van der Waals surface area contributed by atoms with Gasteiger partial charge in [0.05, 0.1) is 12.2 Å². The van der Waals surface area contributed by atoms with Crippen LogP contribution in [0.1, 0.15) is 30.9 Å². The van der Waals surface area contributed by atoms with E-state index in [0.29, 0.717) is 12.8 Å². The second-order valence-electron chi connectivity index (χ2n) is 6.29. The van der Waals surface area contributed by atoms with E-state index in [1.807, 2.05) is 42.5 Å². The van der Waals surface area contributed by atoms with Crippen molar-refractivity contribution in [3.8, 4) is 5.75 Å². The summed E-state index contributed by atoms with van der Waals surface area (Å²) in [6.45, 7) is 5.37. The maximum absolute atomic E-state index is 10.4. The van der Waals surface area contributed by atoms with Crippen molar-refractivity contribution >= 4 is 11.6 Å². The summed E-state index contributed by atoms with van der Waals surface area (Å²) in [4.78, 5) is 0. The van der Waals surface area contributed by atoms with E-state index in [2.05, 4.69) is 12.7 Å². The van der Waals surface area contributed by atoms with Gasteiger partial charge in [0.1, 0.15) is 5.75 Å². The van der Waals surface area contributed by atoms with E-state index in [-0.39, 0.29) is 11.7 Å². The molecule has 0 aliphatic rings. The van der Waals surface area contributed by atoms with Crippen LogP contribution in [-0.2, 0) is 0 Å². The molecule has 0 fully saturated rings. The number of phenols is 1. The Bertz CT molecular complexity index is 687. The van der Waals surface area contributed by atoms with Crippen molar-refractivity contribution in [1.29, 1.82) is 0 Å². The molecule has 0 saturated heterocycles. The number of aliphatic hydroxyl groups excluding tert-OH is 2. The molecule has 2 rings (SSSR count). The molecule has 2 aromatic carbocycles. The van der Waals surface area contributed by atoms with E-state index in [1.165, 1.54) is 0 Å². The Balaban J connectivity index is 2.21. The first-order chi connectivity index (χ1) is 12.0. The van der Waals surface area contributed by atoms with Gasteiger partial charge in [-0.15, -0.1) is 6.58 Å². The van der Waals surface area contributed by atoms with Crippen LogP contribution in [0.2, 0.25) is 0 Å². The van der Waals surface area contributed by atoms with Crippen LogP contribution in [-0.4, -0.2) is 27.5 Å². The van der Waals surface area contributed by atoms with Gasteiger partial charge in [-0.3, -0.25) is 0 Å². The van der Waals surface area contributed by atoms with Crippen molar-refractivity contribution in [3.63, 3.8) is 0 Å². The number of aliphatic hydroxyl groups is 2. The zero-order valence-electron chi connectivity index (χ0n) is 14.5. The van der Waals surface area contributed by atoms with Gasteiger partial charge in [0, 0.05) is 5.92 Å². The second-order valence-corrected chi connectivity index (χ2v) is 6.29. The third kappa shape index (κ3) is 5.59. The summed E-state index contributed by atoms with van der Waals surface area (Å²) in [5, 5.41) is 29.6. The molecule has 0 heterocycles. The van der Waals surface area contributed by atoms with Gasteiger partial charge in [0.2, 0.25) is 0 Å². The summed E-state index contributed by atoms with van der Waals surface area (Å²) in [7, 11) is 0. The number of hydrogen-bond acceptors (Lipinski definition) is 3.